The molecule has 0 unspecified atom stereocenters. The van der Waals surface area contributed by atoms with Crippen LogP contribution in [0, 0.1) is 18.6 Å². The highest BCUT2D eigenvalue weighted by atomic mass is 19.1. The van der Waals surface area contributed by atoms with Crippen molar-refractivity contribution in [3.05, 3.63) is 53.1 Å². The summed E-state index contributed by atoms with van der Waals surface area (Å²) in [6.07, 6.45) is 0. The fourth-order valence-corrected chi connectivity index (χ4v) is 1.79. The van der Waals surface area contributed by atoms with E-state index in [1.165, 1.54) is 20.1 Å². The van der Waals surface area contributed by atoms with Crippen LogP contribution < -0.4 is 10.1 Å². The maximum Gasteiger partial charge on any atom is 0.146 e. The van der Waals surface area contributed by atoms with Crippen LogP contribution in [0.5, 0.6) is 11.5 Å². The Morgan fingerprint density at radius 2 is 1.90 bits per heavy atom. The number of phenolic OH excluding ortho intramolecular Hbond substituents is 1. The zero-order chi connectivity index (χ0) is 14.7. The predicted octanol–water partition coefficient (Wildman–Crippen LogP) is 3.60. The molecule has 2 N–H and O–H groups in total. The van der Waals surface area contributed by atoms with E-state index in [0.29, 0.717) is 11.3 Å². The molecule has 0 heterocycles. The van der Waals surface area contributed by atoms with Gasteiger partial charge in [0.15, 0.2) is 0 Å². The molecule has 2 rings (SSSR count). The smallest absolute Gasteiger partial charge is 0.146 e. The van der Waals surface area contributed by atoms with Crippen molar-refractivity contribution in [2.45, 2.75) is 13.5 Å². The number of phenols is 1. The Kier molecular flexibility index (Phi) is 4.08. The van der Waals surface area contributed by atoms with E-state index in [4.69, 9.17) is 4.74 Å². The Morgan fingerprint density at radius 3 is 2.55 bits per heavy atom. The van der Waals surface area contributed by atoms with Gasteiger partial charge in [-0.25, -0.2) is 8.78 Å². The molecule has 2 aromatic rings. The molecule has 0 aliphatic heterocycles. The summed E-state index contributed by atoms with van der Waals surface area (Å²) in [5, 5.41) is 12.5. The summed E-state index contributed by atoms with van der Waals surface area (Å²) in [7, 11) is 1.50. The van der Waals surface area contributed by atoms with Gasteiger partial charge in [0.05, 0.1) is 12.8 Å². The highest BCUT2D eigenvalue weighted by Crippen LogP contribution is 2.25. The largest absolute Gasteiger partial charge is 0.507 e. The number of benzene rings is 2. The van der Waals surface area contributed by atoms with Crippen molar-refractivity contribution in [1.82, 2.24) is 0 Å². The Hall–Kier alpha value is -2.30. The van der Waals surface area contributed by atoms with E-state index in [1.54, 1.807) is 12.1 Å². The number of halogens is 2. The van der Waals surface area contributed by atoms with Gasteiger partial charge < -0.3 is 15.2 Å². The van der Waals surface area contributed by atoms with E-state index in [9.17, 15) is 13.9 Å². The molecule has 20 heavy (non-hydrogen) atoms. The molecule has 0 saturated carbocycles. The summed E-state index contributed by atoms with van der Waals surface area (Å²) in [5.74, 6) is -0.451. The topological polar surface area (TPSA) is 41.5 Å². The summed E-state index contributed by atoms with van der Waals surface area (Å²) in [6.45, 7) is 1.67. The van der Waals surface area contributed by atoms with Crippen molar-refractivity contribution in [1.29, 1.82) is 0 Å². The molecule has 5 heteroatoms. The van der Waals surface area contributed by atoms with Crippen molar-refractivity contribution >= 4 is 5.69 Å². The van der Waals surface area contributed by atoms with E-state index >= 15 is 0 Å². The molecule has 0 bridgehead atoms. The molecule has 0 aliphatic rings. The summed E-state index contributed by atoms with van der Waals surface area (Å²) < 4.78 is 32.0. The SMILES string of the molecule is COc1ccc(CNc2cc(F)c(C)cc2F)c(O)c1. The third-order valence-corrected chi connectivity index (χ3v) is 3.01. The molecule has 0 aliphatic carbocycles. The summed E-state index contributed by atoms with van der Waals surface area (Å²) in [6, 6.07) is 7.03. The third-order valence-electron chi connectivity index (χ3n) is 3.01. The van der Waals surface area contributed by atoms with Crippen LogP contribution in [0.3, 0.4) is 0 Å². The Morgan fingerprint density at radius 1 is 1.15 bits per heavy atom. The second-order valence-electron chi connectivity index (χ2n) is 4.43. The van der Waals surface area contributed by atoms with Crippen LogP contribution in [0.2, 0.25) is 0 Å². The highest BCUT2D eigenvalue weighted by molar-refractivity contribution is 5.49. The van der Waals surface area contributed by atoms with Crippen molar-refractivity contribution < 1.29 is 18.6 Å². The van der Waals surface area contributed by atoms with E-state index in [-0.39, 0.29) is 23.5 Å². The summed E-state index contributed by atoms with van der Waals surface area (Å²) >= 11 is 0. The normalized spacial score (nSPS) is 10.4. The zero-order valence-electron chi connectivity index (χ0n) is 11.2. The third kappa shape index (κ3) is 2.99. The van der Waals surface area contributed by atoms with Gasteiger partial charge in [-0.15, -0.1) is 0 Å². The maximum atomic E-state index is 13.6. The number of methoxy groups -OCH3 is 1. The van der Waals surface area contributed by atoms with Crippen LogP contribution in [0.1, 0.15) is 11.1 Å². The van der Waals surface area contributed by atoms with Crippen molar-refractivity contribution in [2.24, 2.45) is 0 Å². The molecule has 0 fully saturated rings. The van der Waals surface area contributed by atoms with Gasteiger partial charge >= 0.3 is 0 Å². The minimum absolute atomic E-state index is 0.0323. The molecular formula is C15H15F2NO2. The average molecular weight is 279 g/mol. The van der Waals surface area contributed by atoms with Crippen molar-refractivity contribution in [3.8, 4) is 11.5 Å². The van der Waals surface area contributed by atoms with E-state index in [2.05, 4.69) is 5.32 Å². The Labute approximate surface area is 115 Å². The number of rotatable bonds is 4. The summed E-state index contributed by atoms with van der Waals surface area (Å²) in [4.78, 5) is 0. The van der Waals surface area contributed by atoms with Gasteiger partial charge in [-0.2, -0.15) is 0 Å². The van der Waals surface area contributed by atoms with Gasteiger partial charge in [0.1, 0.15) is 23.1 Å². The van der Waals surface area contributed by atoms with E-state index in [1.807, 2.05) is 0 Å². The Bertz CT molecular complexity index is 630. The molecule has 0 amide bonds. The molecule has 0 spiro atoms. The molecule has 106 valence electrons. The van der Waals surface area contributed by atoms with Gasteiger partial charge in [0.2, 0.25) is 0 Å². The lowest BCUT2D eigenvalue weighted by molar-refractivity contribution is 0.406. The van der Waals surface area contributed by atoms with Gasteiger partial charge in [-0.05, 0) is 30.7 Å². The number of ether oxygens (including phenoxy) is 1. The molecule has 3 nitrogen and oxygen atoms in total. The number of aryl methyl sites for hydroxylation is 1. The Balaban J connectivity index is 2.15. The number of hydrogen-bond acceptors (Lipinski definition) is 3. The molecule has 0 atom stereocenters. The molecule has 2 aromatic carbocycles. The van der Waals surface area contributed by atoms with Crippen LogP contribution in [-0.2, 0) is 6.54 Å². The lowest BCUT2D eigenvalue weighted by atomic mass is 10.1. The lowest BCUT2D eigenvalue weighted by Crippen LogP contribution is -2.03. The van der Waals surface area contributed by atoms with Crippen LogP contribution in [-0.4, -0.2) is 12.2 Å². The van der Waals surface area contributed by atoms with Gasteiger partial charge in [-0.1, -0.05) is 0 Å². The second-order valence-corrected chi connectivity index (χ2v) is 4.43. The first-order valence-electron chi connectivity index (χ1n) is 6.06. The number of hydrogen-bond donors (Lipinski definition) is 2. The predicted molar refractivity (Wildman–Crippen MR) is 73.1 cm³/mol. The maximum absolute atomic E-state index is 13.6. The van der Waals surface area contributed by atoms with Crippen LogP contribution in [0.25, 0.3) is 0 Å². The van der Waals surface area contributed by atoms with Gasteiger partial charge in [0, 0.05) is 24.2 Å². The van der Waals surface area contributed by atoms with Crippen LogP contribution in [0.4, 0.5) is 14.5 Å². The molecule has 0 radical (unpaired) electrons. The fraction of sp³-hybridized carbons (Fsp3) is 0.200. The minimum atomic E-state index is -0.531. The number of anilines is 1. The van der Waals surface area contributed by atoms with Crippen molar-refractivity contribution in [3.63, 3.8) is 0 Å². The average Bonchev–Trinajstić information content (AvgIpc) is 2.42. The lowest BCUT2D eigenvalue weighted by Gasteiger charge is -2.11. The monoisotopic (exact) mass is 279 g/mol. The standard InChI is InChI=1S/C15H15F2NO2/c1-9-5-13(17)14(7-12(9)16)18-8-10-3-4-11(20-2)6-15(10)19/h3-7,18-19H,8H2,1-2H3. The second kappa shape index (κ2) is 5.77. The fourth-order valence-electron chi connectivity index (χ4n) is 1.79. The minimum Gasteiger partial charge on any atom is -0.507 e. The van der Waals surface area contributed by atoms with Gasteiger partial charge in [-0.3, -0.25) is 0 Å². The van der Waals surface area contributed by atoms with E-state index < -0.39 is 11.6 Å². The van der Waals surface area contributed by atoms with E-state index in [0.717, 1.165) is 12.1 Å². The number of aromatic hydroxyl groups is 1. The molecule has 0 aromatic heterocycles. The first kappa shape index (κ1) is 14.1. The van der Waals surface area contributed by atoms with Crippen molar-refractivity contribution in [2.75, 3.05) is 12.4 Å². The zero-order valence-corrected chi connectivity index (χ0v) is 11.2. The molecular weight excluding hydrogens is 264 g/mol. The van der Waals surface area contributed by atoms with Crippen LogP contribution >= 0.6 is 0 Å². The first-order valence-corrected chi connectivity index (χ1v) is 6.06. The van der Waals surface area contributed by atoms with Gasteiger partial charge in [0.25, 0.3) is 0 Å². The quantitative estimate of drug-likeness (QED) is 0.898. The number of nitrogens with one attached hydrogen (secondary N) is 1. The molecule has 0 saturated heterocycles. The first-order chi connectivity index (χ1) is 9.51. The summed E-state index contributed by atoms with van der Waals surface area (Å²) in [5.41, 5.74) is 0.870. The highest BCUT2D eigenvalue weighted by Gasteiger charge is 2.08. The van der Waals surface area contributed by atoms with Crippen LogP contribution in [0.15, 0.2) is 30.3 Å².